The number of benzene rings is 1. The van der Waals surface area contributed by atoms with Crippen molar-refractivity contribution in [2.24, 2.45) is 0 Å². The molecule has 4 nitrogen and oxygen atoms in total. The lowest BCUT2D eigenvalue weighted by molar-refractivity contribution is -0.123. The normalized spacial score (nSPS) is 11.9. The highest BCUT2D eigenvalue weighted by Crippen LogP contribution is 2.16. The van der Waals surface area contributed by atoms with Gasteiger partial charge in [0, 0.05) is 23.5 Å². The van der Waals surface area contributed by atoms with E-state index in [0.29, 0.717) is 23.9 Å². The molecule has 0 spiro atoms. The van der Waals surface area contributed by atoms with Crippen molar-refractivity contribution in [1.82, 2.24) is 5.32 Å². The van der Waals surface area contributed by atoms with Gasteiger partial charge in [0.25, 0.3) is 5.91 Å². The van der Waals surface area contributed by atoms with Crippen LogP contribution in [0.4, 0.5) is 0 Å². The van der Waals surface area contributed by atoms with Crippen LogP contribution in [-0.4, -0.2) is 37.6 Å². The molecule has 0 fully saturated rings. The van der Waals surface area contributed by atoms with Gasteiger partial charge in [0.2, 0.25) is 0 Å². The number of carbonyl (C=O) groups is 1. The summed E-state index contributed by atoms with van der Waals surface area (Å²) in [6.07, 6.45) is 0.802. The molecule has 1 amide bonds. The molecule has 0 aliphatic heterocycles. The molecule has 1 aromatic carbocycles. The summed E-state index contributed by atoms with van der Waals surface area (Å²) in [5.41, 5.74) is 0. The predicted molar refractivity (Wildman–Crippen MR) is 79.2 cm³/mol. The van der Waals surface area contributed by atoms with Crippen molar-refractivity contribution in [1.29, 1.82) is 0 Å². The second-order valence-electron chi connectivity index (χ2n) is 3.94. The molecule has 106 valence electrons. The van der Waals surface area contributed by atoms with Crippen LogP contribution in [0.15, 0.2) is 24.3 Å². The van der Waals surface area contributed by atoms with Gasteiger partial charge in [0.05, 0.1) is 6.61 Å². The van der Waals surface area contributed by atoms with Gasteiger partial charge >= 0.3 is 0 Å². The quantitative estimate of drug-likeness (QED) is 0.733. The van der Waals surface area contributed by atoms with Crippen LogP contribution in [0.5, 0.6) is 5.75 Å². The highest BCUT2D eigenvalue weighted by Gasteiger charge is 2.06. The number of ether oxygens (including phenoxy) is 2. The fourth-order valence-electron chi connectivity index (χ4n) is 1.39. The minimum Gasteiger partial charge on any atom is -0.484 e. The largest absolute Gasteiger partial charge is 0.484 e. The molecular weight excluding hydrogens is 334 g/mol. The van der Waals surface area contributed by atoms with Crippen LogP contribution < -0.4 is 10.1 Å². The molecule has 0 aliphatic carbocycles. The topological polar surface area (TPSA) is 47.6 Å². The number of hydrogen-bond donors (Lipinski definition) is 1. The highest BCUT2D eigenvalue weighted by molar-refractivity contribution is 9.09. The Hall–Kier alpha value is -0.780. The Morgan fingerprint density at radius 1 is 1.53 bits per heavy atom. The van der Waals surface area contributed by atoms with E-state index in [1.165, 1.54) is 0 Å². The van der Waals surface area contributed by atoms with Crippen molar-refractivity contribution in [2.45, 2.75) is 11.2 Å². The van der Waals surface area contributed by atoms with Crippen LogP contribution in [0, 0.1) is 0 Å². The molecule has 0 aromatic heterocycles. The number of rotatable bonds is 8. The van der Waals surface area contributed by atoms with E-state index in [1.807, 2.05) is 0 Å². The third-order valence-corrected chi connectivity index (χ3v) is 3.25. The molecule has 1 unspecified atom stereocenters. The fraction of sp³-hybridized carbons (Fsp3) is 0.462. The number of carbonyl (C=O) groups excluding carboxylic acids is 1. The van der Waals surface area contributed by atoms with E-state index in [2.05, 4.69) is 21.2 Å². The van der Waals surface area contributed by atoms with Gasteiger partial charge in [-0.25, -0.2) is 0 Å². The summed E-state index contributed by atoms with van der Waals surface area (Å²) in [4.78, 5) is 11.8. The molecule has 1 aromatic rings. The SMILES string of the molecule is COCC(Br)CCNC(=O)COc1cccc(Cl)c1. The average molecular weight is 351 g/mol. The zero-order valence-corrected chi connectivity index (χ0v) is 13.0. The number of halogens is 2. The van der Waals surface area contributed by atoms with Gasteiger partial charge in [-0.1, -0.05) is 33.6 Å². The van der Waals surface area contributed by atoms with E-state index >= 15 is 0 Å². The summed E-state index contributed by atoms with van der Waals surface area (Å²) in [7, 11) is 1.64. The molecule has 19 heavy (non-hydrogen) atoms. The van der Waals surface area contributed by atoms with E-state index in [0.717, 1.165) is 6.42 Å². The predicted octanol–water partition coefficient (Wildman–Crippen LogP) is 2.64. The molecule has 0 radical (unpaired) electrons. The Kier molecular flexibility index (Phi) is 7.86. The third kappa shape index (κ3) is 7.40. The van der Waals surface area contributed by atoms with Crippen molar-refractivity contribution in [3.63, 3.8) is 0 Å². The lowest BCUT2D eigenvalue weighted by Gasteiger charge is -2.10. The van der Waals surface area contributed by atoms with Gasteiger partial charge in [-0.05, 0) is 24.6 Å². The molecule has 0 aliphatic rings. The number of amides is 1. The maximum Gasteiger partial charge on any atom is 0.257 e. The van der Waals surface area contributed by atoms with Crippen molar-refractivity contribution in [2.75, 3.05) is 26.9 Å². The van der Waals surface area contributed by atoms with Crippen molar-refractivity contribution in [3.05, 3.63) is 29.3 Å². The first kappa shape index (κ1) is 16.3. The van der Waals surface area contributed by atoms with Crippen molar-refractivity contribution < 1.29 is 14.3 Å². The Labute approximate surface area is 126 Å². The van der Waals surface area contributed by atoms with Gasteiger partial charge in [0.15, 0.2) is 6.61 Å². The van der Waals surface area contributed by atoms with Crippen LogP contribution >= 0.6 is 27.5 Å². The fourth-order valence-corrected chi connectivity index (χ4v) is 2.06. The molecular formula is C13H17BrClNO3. The standard InChI is InChI=1S/C13H17BrClNO3/c1-18-8-10(14)5-6-16-13(17)9-19-12-4-2-3-11(15)7-12/h2-4,7,10H,5-6,8-9H2,1H3,(H,16,17). The van der Waals surface area contributed by atoms with Crippen LogP contribution in [0.2, 0.25) is 5.02 Å². The third-order valence-electron chi connectivity index (χ3n) is 2.29. The van der Waals surface area contributed by atoms with Crippen LogP contribution in [0.25, 0.3) is 0 Å². The van der Waals surface area contributed by atoms with E-state index in [4.69, 9.17) is 21.1 Å². The molecule has 1 rings (SSSR count). The number of alkyl halides is 1. The van der Waals surface area contributed by atoms with Crippen LogP contribution in [-0.2, 0) is 9.53 Å². The first-order valence-corrected chi connectivity index (χ1v) is 7.19. The number of hydrogen-bond acceptors (Lipinski definition) is 3. The van der Waals surface area contributed by atoms with Crippen molar-refractivity contribution >= 4 is 33.4 Å². The lowest BCUT2D eigenvalue weighted by atomic mass is 10.3. The molecule has 0 bridgehead atoms. The Bertz CT molecular complexity index is 403. The van der Waals surface area contributed by atoms with Crippen LogP contribution in [0.3, 0.4) is 0 Å². The minimum atomic E-state index is -0.155. The molecule has 0 saturated carbocycles. The Balaban J connectivity index is 2.18. The average Bonchev–Trinajstić information content (AvgIpc) is 2.37. The van der Waals surface area contributed by atoms with Gasteiger partial charge in [-0.2, -0.15) is 0 Å². The molecule has 6 heteroatoms. The van der Waals surface area contributed by atoms with E-state index < -0.39 is 0 Å². The maximum absolute atomic E-state index is 11.5. The summed E-state index contributed by atoms with van der Waals surface area (Å²) in [6.45, 7) is 1.18. The smallest absolute Gasteiger partial charge is 0.257 e. The van der Waals surface area contributed by atoms with E-state index in [-0.39, 0.29) is 17.3 Å². The highest BCUT2D eigenvalue weighted by atomic mass is 79.9. The summed E-state index contributed by atoms with van der Waals surface area (Å²) < 4.78 is 10.3. The Morgan fingerprint density at radius 3 is 3.00 bits per heavy atom. The second kappa shape index (κ2) is 9.18. The zero-order chi connectivity index (χ0) is 14.1. The summed E-state index contributed by atoms with van der Waals surface area (Å²) in [6, 6.07) is 6.95. The summed E-state index contributed by atoms with van der Waals surface area (Å²) in [5.74, 6) is 0.428. The Morgan fingerprint density at radius 2 is 2.32 bits per heavy atom. The number of methoxy groups -OCH3 is 1. The first-order valence-electron chi connectivity index (χ1n) is 5.90. The van der Waals surface area contributed by atoms with Gasteiger partial charge in [0.1, 0.15) is 5.75 Å². The molecule has 1 N–H and O–H groups in total. The summed E-state index contributed by atoms with van der Waals surface area (Å²) in [5, 5.41) is 3.36. The lowest BCUT2D eigenvalue weighted by Crippen LogP contribution is -2.31. The monoisotopic (exact) mass is 349 g/mol. The van der Waals surface area contributed by atoms with Gasteiger partial charge in [-0.3, -0.25) is 4.79 Å². The number of nitrogens with one attached hydrogen (secondary N) is 1. The van der Waals surface area contributed by atoms with Crippen molar-refractivity contribution in [3.8, 4) is 5.75 Å². The van der Waals surface area contributed by atoms with Crippen LogP contribution in [0.1, 0.15) is 6.42 Å². The zero-order valence-electron chi connectivity index (χ0n) is 10.7. The second-order valence-corrected chi connectivity index (χ2v) is 5.67. The molecule has 1 atom stereocenters. The van der Waals surface area contributed by atoms with E-state index in [1.54, 1.807) is 31.4 Å². The first-order chi connectivity index (χ1) is 9.11. The molecule has 0 heterocycles. The summed E-state index contributed by atoms with van der Waals surface area (Å²) >= 11 is 9.26. The van der Waals surface area contributed by atoms with Gasteiger partial charge < -0.3 is 14.8 Å². The minimum absolute atomic E-state index is 0.0163. The van der Waals surface area contributed by atoms with Gasteiger partial charge in [-0.15, -0.1) is 0 Å². The van der Waals surface area contributed by atoms with E-state index in [9.17, 15) is 4.79 Å². The maximum atomic E-state index is 11.5. The molecule has 0 saturated heterocycles.